The fourth-order valence-corrected chi connectivity index (χ4v) is 2.14. The van der Waals surface area contributed by atoms with Crippen molar-refractivity contribution in [2.45, 2.75) is 83.7 Å². The van der Waals surface area contributed by atoms with Gasteiger partial charge in [-0.05, 0) is 25.2 Å². The Kier molecular flexibility index (Phi) is 7.08. The van der Waals surface area contributed by atoms with Gasteiger partial charge in [-0.1, -0.05) is 58.3 Å². The van der Waals surface area contributed by atoms with Gasteiger partial charge in [0.25, 0.3) is 0 Å². The highest BCUT2D eigenvalue weighted by atomic mass is 16.3. The van der Waals surface area contributed by atoms with E-state index in [1.807, 2.05) is 0 Å². The number of hydrogen-bond donors (Lipinski definition) is 1. The lowest BCUT2D eigenvalue weighted by Gasteiger charge is -2.09. The van der Waals surface area contributed by atoms with E-state index in [1.165, 1.54) is 57.8 Å². The maximum atomic E-state index is 9.73. The lowest BCUT2D eigenvalue weighted by Crippen LogP contribution is -2.06. The highest BCUT2D eigenvalue weighted by molar-refractivity contribution is 4.74. The van der Waals surface area contributed by atoms with Gasteiger partial charge in [0.05, 0.1) is 6.10 Å². The molecule has 90 valence electrons. The van der Waals surface area contributed by atoms with E-state index in [4.69, 9.17) is 0 Å². The van der Waals surface area contributed by atoms with E-state index in [9.17, 15) is 5.11 Å². The van der Waals surface area contributed by atoms with Crippen LogP contribution in [0.25, 0.3) is 0 Å². The van der Waals surface area contributed by atoms with Gasteiger partial charge in [0.1, 0.15) is 0 Å². The van der Waals surface area contributed by atoms with Crippen LogP contribution in [0.15, 0.2) is 0 Å². The van der Waals surface area contributed by atoms with Gasteiger partial charge in [0, 0.05) is 0 Å². The molecule has 1 unspecified atom stereocenters. The molecule has 15 heavy (non-hydrogen) atoms. The molecule has 1 aliphatic rings. The van der Waals surface area contributed by atoms with Crippen LogP contribution in [0.1, 0.15) is 77.6 Å². The average Bonchev–Trinajstić information content (AvgIpc) is 3.04. The first kappa shape index (κ1) is 13.0. The Morgan fingerprint density at radius 3 is 2.33 bits per heavy atom. The number of unbranched alkanes of at least 4 members (excludes halogenated alkanes) is 5. The second-order valence-corrected chi connectivity index (χ2v) is 5.23. The molecule has 0 spiro atoms. The minimum Gasteiger partial charge on any atom is -0.393 e. The summed E-state index contributed by atoms with van der Waals surface area (Å²) < 4.78 is 0. The molecule has 1 atom stereocenters. The molecule has 0 radical (unpaired) electrons. The number of aliphatic hydroxyl groups is 1. The summed E-state index contributed by atoms with van der Waals surface area (Å²) in [5.74, 6) is 0.976. The van der Waals surface area contributed by atoms with E-state index < -0.39 is 0 Å². The van der Waals surface area contributed by atoms with E-state index in [0.29, 0.717) is 0 Å². The molecule has 1 rings (SSSR count). The SMILES string of the molecule is CCCCCCCCC(O)CCC1CC1. The van der Waals surface area contributed by atoms with E-state index in [0.717, 1.165) is 18.8 Å². The molecule has 1 heteroatoms. The first-order chi connectivity index (χ1) is 7.33. The minimum atomic E-state index is -0.00299. The third-order valence-electron chi connectivity index (χ3n) is 3.50. The van der Waals surface area contributed by atoms with Crippen molar-refractivity contribution >= 4 is 0 Å². The van der Waals surface area contributed by atoms with Crippen LogP contribution in [0.4, 0.5) is 0 Å². The van der Waals surface area contributed by atoms with Crippen LogP contribution in [0.2, 0.25) is 0 Å². The molecule has 0 aromatic heterocycles. The monoisotopic (exact) mass is 212 g/mol. The second kappa shape index (κ2) is 8.15. The minimum absolute atomic E-state index is 0.00299. The largest absolute Gasteiger partial charge is 0.393 e. The molecule has 0 saturated heterocycles. The van der Waals surface area contributed by atoms with Gasteiger partial charge in [0.15, 0.2) is 0 Å². The van der Waals surface area contributed by atoms with Crippen molar-refractivity contribution < 1.29 is 5.11 Å². The normalized spacial score (nSPS) is 18.0. The Morgan fingerprint density at radius 1 is 1.00 bits per heavy atom. The fourth-order valence-electron chi connectivity index (χ4n) is 2.14. The topological polar surface area (TPSA) is 20.2 Å². The summed E-state index contributed by atoms with van der Waals surface area (Å²) in [6.07, 6.45) is 14.2. The van der Waals surface area contributed by atoms with Crippen molar-refractivity contribution in [2.24, 2.45) is 5.92 Å². The summed E-state index contributed by atoms with van der Waals surface area (Å²) in [5.41, 5.74) is 0. The summed E-state index contributed by atoms with van der Waals surface area (Å²) >= 11 is 0. The highest BCUT2D eigenvalue weighted by Crippen LogP contribution is 2.34. The standard InChI is InChI=1S/C14H28O/c1-2-3-4-5-6-7-8-14(15)12-11-13-9-10-13/h13-15H,2-12H2,1H3. The molecular weight excluding hydrogens is 184 g/mol. The fraction of sp³-hybridized carbons (Fsp3) is 1.00. The molecule has 0 amide bonds. The molecule has 1 aliphatic carbocycles. The van der Waals surface area contributed by atoms with Gasteiger partial charge in [-0.2, -0.15) is 0 Å². The predicted octanol–water partition coefficient (Wildman–Crippen LogP) is 4.29. The Balaban J connectivity index is 1.77. The number of hydrogen-bond acceptors (Lipinski definition) is 1. The molecule has 1 nitrogen and oxygen atoms in total. The van der Waals surface area contributed by atoms with Crippen LogP contribution < -0.4 is 0 Å². The van der Waals surface area contributed by atoms with Crippen molar-refractivity contribution in [3.63, 3.8) is 0 Å². The molecule has 1 fully saturated rings. The summed E-state index contributed by atoms with van der Waals surface area (Å²) in [7, 11) is 0. The van der Waals surface area contributed by atoms with Gasteiger partial charge < -0.3 is 5.11 Å². The quantitative estimate of drug-likeness (QED) is 0.536. The highest BCUT2D eigenvalue weighted by Gasteiger charge is 2.21. The molecule has 1 saturated carbocycles. The lowest BCUT2D eigenvalue weighted by atomic mass is 10.0. The van der Waals surface area contributed by atoms with E-state index in [2.05, 4.69) is 6.92 Å². The zero-order chi connectivity index (χ0) is 10.9. The summed E-state index contributed by atoms with van der Waals surface area (Å²) in [6, 6.07) is 0. The summed E-state index contributed by atoms with van der Waals surface area (Å²) in [5, 5.41) is 9.73. The zero-order valence-corrected chi connectivity index (χ0v) is 10.4. The second-order valence-electron chi connectivity index (χ2n) is 5.23. The van der Waals surface area contributed by atoms with Gasteiger partial charge in [-0.3, -0.25) is 0 Å². The molecule has 0 aromatic rings. The van der Waals surface area contributed by atoms with Gasteiger partial charge in [-0.15, -0.1) is 0 Å². The Bertz CT molecular complexity index is 140. The lowest BCUT2D eigenvalue weighted by molar-refractivity contribution is 0.146. The van der Waals surface area contributed by atoms with Gasteiger partial charge >= 0.3 is 0 Å². The third kappa shape index (κ3) is 7.84. The molecule has 1 N–H and O–H groups in total. The van der Waals surface area contributed by atoms with Crippen molar-refractivity contribution in [1.82, 2.24) is 0 Å². The molecule has 0 heterocycles. The van der Waals surface area contributed by atoms with Crippen molar-refractivity contribution in [2.75, 3.05) is 0 Å². The molecular formula is C14H28O. The Hall–Kier alpha value is -0.0400. The van der Waals surface area contributed by atoms with Crippen LogP contribution in [0.5, 0.6) is 0 Å². The molecule has 0 bridgehead atoms. The van der Waals surface area contributed by atoms with Crippen LogP contribution in [-0.2, 0) is 0 Å². The van der Waals surface area contributed by atoms with E-state index in [1.54, 1.807) is 0 Å². The van der Waals surface area contributed by atoms with E-state index in [-0.39, 0.29) is 6.10 Å². The Morgan fingerprint density at radius 2 is 1.67 bits per heavy atom. The third-order valence-corrected chi connectivity index (χ3v) is 3.50. The van der Waals surface area contributed by atoms with Crippen LogP contribution in [0.3, 0.4) is 0 Å². The number of rotatable bonds is 10. The van der Waals surface area contributed by atoms with Crippen LogP contribution >= 0.6 is 0 Å². The van der Waals surface area contributed by atoms with Crippen molar-refractivity contribution in [1.29, 1.82) is 0 Å². The predicted molar refractivity (Wildman–Crippen MR) is 66.0 cm³/mol. The van der Waals surface area contributed by atoms with E-state index >= 15 is 0 Å². The molecule has 0 aromatic carbocycles. The number of aliphatic hydroxyl groups excluding tert-OH is 1. The van der Waals surface area contributed by atoms with Gasteiger partial charge in [0.2, 0.25) is 0 Å². The maximum Gasteiger partial charge on any atom is 0.0540 e. The first-order valence-electron chi connectivity index (χ1n) is 7.01. The van der Waals surface area contributed by atoms with Crippen LogP contribution in [0, 0.1) is 5.92 Å². The average molecular weight is 212 g/mol. The van der Waals surface area contributed by atoms with Gasteiger partial charge in [-0.25, -0.2) is 0 Å². The summed E-state index contributed by atoms with van der Waals surface area (Å²) in [4.78, 5) is 0. The Labute approximate surface area is 95.3 Å². The zero-order valence-electron chi connectivity index (χ0n) is 10.4. The maximum absolute atomic E-state index is 9.73. The van der Waals surface area contributed by atoms with Crippen LogP contribution in [-0.4, -0.2) is 11.2 Å². The first-order valence-corrected chi connectivity index (χ1v) is 7.01. The van der Waals surface area contributed by atoms with Crippen molar-refractivity contribution in [3.05, 3.63) is 0 Å². The smallest absolute Gasteiger partial charge is 0.0540 e. The summed E-state index contributed by atoms with van der Waals surface area (Å²) in [6.45, 7) is 2.25. The van der Waals surface area contributed by atoms with Crippen molar-refractivity contribution in [3.8, 4) is 0 Å². The molecule has 0 aliphatic heterocycles.